The van der Waals surface area contributed by atoms with Crippen molar-refractivity contribution in [2.75, 3.05) is 0 Å². The first-order chi connectivity index (χ1) is 7.63. The Bertz CT molecular complexity index is 334. The quantitative estimate of drug-likeness (QED) is 0.805. The van der Waals surface area contributed by atoms with Crippen LogP contribution in [-0.2, 0) is 11.2 Å². The van der Waals surface area contributed by atoms with E-state index in [2.05, 4.69) is 6.92 Å². The van der Waals surface area contributed by atoms with Crippen LogP contribution >= 0.6 is 0 Å². The van der Waals surface area contributed by atoms with E-state index in [1.165, 1.54) is 12.1 Å². The molecule has 0 aliphatic carbocycles. The van der Waals surface area contributed by atoms with Crippen molar-refractivity contribution < 1.29 is 9.18 Å². The van der Waals surface area contributed by atoms with E-state index in [0.29, 0.717) is 6.42 Å². The van der Waals surface area contributed by atoms with Gasteiger partial charge in [0.1, 0.15) is 5.82 Å². The van der Waals surface area contributed by atoms with Gasteiger partial charge >= 0.3 is 0 Å². The highest BCUT2D eigenvalue weighted by Gasteiger charge is 2.13. The van der Waals surface area contributed by atoms with Crippen molar-refractivity contribution in [1.29, 1.82) is 0 Å². The number of carbonyl (C=O) groups is 1. The average Bonchev–Trinajstić information content (AvgIpc) is 2.29. The molecule has 0 fully saturated rings. The monoisotopic (exact) mass is 223 g/mol. The minimum atomic E-state index is -0.384. The molecule has 0 saturated carbocycles. The minimum Gasteiger partial charge on any atom is -0.321 e. The zero-order chi connectivity index (χ0) is 12.0. The molecule has 0 radical (unpaired) electrons. The summed E-state index contributed by atoms with van der Waals surface area (Å²) in [6.45, 7) is 2.07. The summed E-state index contributed by atoms with van der Waals surface area (Å²) in [5.41, 5.74) is 6.58. The predicted molar refractivity (Wildman–Crippen MR) is 62.6 cm³/mol. The molecular formula is C13H18FNO. The molecular weight excluding hydrogens is 205 g/mol. The van der Waals surface area contributed by atoms with Crippen LogP contribution in [0.5, 0.6) is 0 Å². The van der Waals surface area contributed by atoms with Crippen LogP contribution < -0.4 is 5.73 Å². The van der Waals surface area contributed by atoms with E-state index in [9.17, 15) is 9.18 Å². The van der Waals surface area contributed by atoms with Crippen molar-refractivity contribution in [3.8, 4) is 0 Å². The lowest BCUT2D eigenvalue weighted by Crippen LogP contribution is -2.31. The van der Waals surface area contributed by atoms with Crippen LogP contribution in [0.4, 0.5) is 4.39 Å². The zero-order valence-corrected chi connectivity index (χ0v) is 9.58. The lowest BCUT2D eigenvalue weighted by Gasteiger charge is -2.09. The molecule has 1 unspecified atom stereocenters. The van der Waals surface area contributed by atoms with Gasteiger partial charge in [0.05, 0.1) is 6.04 Å². The molecule has 0 aliphatic rings. The molecule has 88 valence electrons. The van der Waals surface area contributed by atoms with Gasteiger partial charge in [0.25, 0.3) is 0 Å². The number of halogens is 1. The number of benzene rings is 1. The SMILES string of the molecule is CCCCC(N)C(=O)Cc1ccc(F)cc1. The van der Waals surface area contributed by atoms with Crippen molar-refractivity contribution >= 4 is 5.78 Å². The molecule has 2 N–H and O–H groups in total. The van der Waals surface area contributed by atoms with Crippen molar-refractivity contribution in [2.45, 2.75) is 38.6 Å². The highest BCUT2D eigenvalue weighted by Crippen LogP contribution is 2.07. The Morgan fingerprint density at radius 2 is 2.00 bits per heavy atom. The van der Waals surface area contributed by atoms with Gasteiger partial charge in [-0.1, -0.05) is 31.9 Å². The fourth-order valence-electron chi connectivity index (χ4n) is 1.52. The zero-order valence-electron chi connectivity index (χ0n) is 9.58. The molecule has 0 aliphatic heterocycles. The second-order valence-corrected chi connectivity index (χ2v) is 4.02. The molecule has 0 amide bonds. The standard InChI is InChI=1S/C13H18FNO/c1-2-3-4-12(15)13(16)9-10-5-7-11(14)8-6-10/h5-8,12H,2-4,9,15H2,1H3. The van der Waals surface area contributed by atoms with Crippen LogP contribution in [0.25, 0.3) is 0 Å². The largest absolute Gasteiger partial charge is 0.321 e. The molecule has 0 spiro atoms. The molecule has 2 nitrogen and oxygen atoms in total. The van der Waals surface area contributed by atoms with Gasteiger partial charge in [-0.25, -0.2) is 4.39 Å². The highest BCUT2D eigenvalue weighted by atomic mass is 19.1. The molecule has 1 aromatic rings. The molecule has 0 bridgehead atoms. The Hall–Kier alpha value is -1.22. The van der Waals surface area contributed by atoms with Crippen molar-refractivity contribution in [3.63, 3.8) is 0 Å². The third kappa shape index (κ3) is 4.11. The number of hydrogen-bond donors (Lipinski definition) is 1. The third-order valence-electron chi connectivity index (χ3n) is 2.57. The maximum Gasteiger partial charge on any atom is 0.153 e. The third-order valence-corrected chi connectivity index (χ3v) is 2.57. The van der Waals surface area contributed by atoms with Crippen LogP contribution in [0, 0.1) is 5.82 Å². The Kier molecular flexibility index (Phi) is 5.12. The molecule has 1 atom stereocenters. The second-order valence-electron chi connectivity index (χ2n) is 4.02. The van der Waals surface area contributed by atoms with E-state index in [1.807, 2.05) is 0 Å². The number of hydrogen-bond acceptors (Lipinski definition) is 2. The van der Waals surface area contributed by atoms with E-state index in [0.717, 1.165) is 24.8 Å². The van der Waals surface area contributed by atoms with E-state index >= 15 is 0 Å². The van der Waals surface area contributed by atoms with Gasteiger partial charge in [0.2, 0.25) is 0 Å². The number of rotatable bonds is 6. The first kappa shape index (κ1) is 12.8. The fraction of sp³-hybridized carbons (Fsp3) is 0.462. The molecule has 0 heterocycles. The number of Topliss-reactive ketones (excluding diaryl/α,β-unsaturated/α-hetero) is 1. The summed E-state index contributed by atoms with van der Waals surface area (Å²) in [7, 11) is 0. The Morgan fingerprint density at radius 1 is 1.38 bits per heavy atom. The summed E-state index contributed by atoms with van der Waals surface area (Å²) < 4.78 is 12.6. The smallest absolute Gasteiger partial charge is 0.153 e. The van der Waals surface area contributed by atoms with Crippen molar-refractivity contribution in [2.24, 2.45) is 5.73 Å². The summed E-state index contributed by atoms with van der Waals surface area (Å²) in [5.74, 6) is -0.258. The maximum atomic E-state index is 12.6. The second kappa shape index (κ2) is 6.38. The van der Waals surface area contributed by atoms with Crippen LogP contribution in [0.15, 0.2) is 24.3 Å². The molecule has 3 heteroatoms. The lowest BCUT2D eigenvalue weighted by atomic mass is 10.0. The van der Waals surface area contributed by atoms with Gasteiger partial charge in [-0.15, -0.1) is 0 Å². The summed E-state index contributed by atoms with van der Waals surface area (Å²) >= 11 is 0. The molecule has 1 rings (SSSR count). The number of ketones is 1. The Morgan fingerprint density at radius 3 is 2.56 bits per heavy atom. The Labute approximate surface area is 95.7 Å². The minimum absolute atomic E-state index is 0.0278. The average molecular weight is 223 g/mol. The van der Waals surface area contributed by atoms with E-state index in [4.69, 9.17) is 5.73 Å². The number of carbonyl (C=O) groups excluding carboxylic acids is 1. The van der Waals surface area contributed by atoms with E-state index in [1.54, 1.807) is 12.1 Å². The van der Waals surface area contributed by atoms with Gasteiger partial charge in [-0.05, 0) is 24.1 Å². The topological polar surface area (TPSA) is 43.1 Å². The first-order valence-corrected chi connectivity index (χ1v) is 5.66. The Balaban J connectivity index is 2.47. The van der Waals surface area contributed by atoms with Gasteiger partial charge in [-0.2, -0.15) is 0 Å². The van der Waals surface area contributed by atoms with Gasteiger partial charge in [-0.3, -0.25) is 4.79 Å². The number of nitrogens with two attached hydrogens (primary N) is 1. The first-order valence-electron chi connectivity index (χ1n) is 5.66. The van der Waals surface area contributed by atoms with Crippen molar-refractivity contribution in [1.82, 2.24) is 0 Å². The summed E-state index contributed by atoms with van der Waals surface area (Å²) in [4.78, 5) is 11.7. The maximum absolute atomic E-state index is 12.6. The lowest BCUT2D eigenvalue weighted by molar-refractivity contribution is -0.119. The normalized spacial score (nSPS) is 12.4. The fourth-order valence-corrected chi connectivity index (χ4v) is 1.52. The van der Waals surface area contributed by atoms with Crippen molar-refractivity contribution in [3.05, 3.63) is 35.6 Å². The van der Waals surface area contributed by atoms with Gasteiger partial charge in [0, 0.05) is 6.42 Å². The van der Waals surface area contributed by atoms with Crippen LogP contribution in [0.1, 0.15) is 31.7 Å². The van der Waals surface area contributed by atoms with E-state index < -0.39 is 0 Å². The van der Waals surface area contributed by atoms with Gasteiger partial charge in [0.15, 0.2) is 5.78 Å². The summed E-state index contributed by atoms with van der Waals surface area (Å²) in [5, 5.41) is 0. The molecule has 0 aromatic heterocycles. The van der Waals surface area contributed by atoms with Crippen LogP contribution in [0.2, 0.25) is 0 Å². The highest BCUT2D eigenvalue weighted by molar-refractivity contribution is 5.85. The predicted octanol–water partition coefficient (Wildman–Crippen LogP) is 2.45. The summed E-state index contributed by atoms with van der Waals surface area (Å²) in [6, 6.07) is 5.59. The molecule has 0 saturated heterocycles. The number of unbranched alkanes of at least 4 members (excludes halogenated alkanes) is 1. The molecule has 1 aromatic carbocycles. The van der Waals surface area contributed by atoms with Crippen LogP contribution in [-0.4, -0.2) is 11.8 Å². The van der Waals surface area contributed by atoms with Gasteiger partial charge < -0.3 is 5.73 Å². The van der Waals surface area contributed by atoms with E-state index in [-0.39, 0.29) is 17.6 Å². The van der Waals surface area contributed by atoms with Crippen LogP contribution in [0.3, 0.4) is 0 Å². The summed E-state index contributed by atoms with van der Waals surface area (Å²) in [6.07, 6.45) is 3.04. The molecule has 16 heavy (non-hydrogen) atoms.